The molecule has 0 spiro atoms. The number of rotatable bonds is 4. The summed E-state index contributed by atoms with van der Waals surface area (Å²) in [6, 6.07) is 0. The van der Waals surface area contributed by atoms with Crippen molar-refractivity contribution in [2.75, 3.05) is 6.54 Å². The molecule has 9 heteroatoms. The van der Waals surface area contributed by atoms with Crippen LogP contribution < -0.4 is 5.32 Å². The molecule has 2 atom stereocenters. The number of alkyl halides is 3. The van der Waals surface area contributed by atoms with Gasteiger partial charge in [-0.05, 0) is 6.92 Å². The fourth-order valence-corrected chi connectivity index (χ4v) is 1.57. The standard InChI is InChI=1S/C10H14F3N3O3/c1-4-7(9(16-15-4)10(11,12)13)8(19)6(18)3-14-5(2)17/h6,8,18-19H,3H2,1-2H3,(H,14,17)(H,15,16). The average molecular weight is 281 g/mol. The van der Waals surface area contributed by atoms with E-state index in [-0.39, 0.29) is 12.2 Å². The van der Waals surface area contributed by atoms with Crippen molar-refractivity contribution in [1.82, 2.24) is 15.5 Å². The second-order valence-corrected chi connectivity index (χ2v) is 4.06. The summed E-state index contributed by atoms with van der Waals surface area (Å²) in [6.07, 6.45) is -8.11. The van der Waals surface area contributed by atoms with Crippen LogP contribution in [0.4, 0.5) is 13.2 Å². The molecule has 1 heterocycles. The zero-order valence-electron chi connectivity index (χ0n) is 10.2. The summed E-state index contributed by atoms with van der Waals surface area (Å²) in [5.41, 5.74) is -1.80. The number of aliphatic hydroxyl groups is 2. The number of amides is 1. The van der Waals surface area contributed by atoms with Crippen LogP contribution in [0.5, 0.6) is 0 Å². The number of H-pyrrole nitrogens is 1. The number of carbonyl (C=O) groups excluding carboxylic acids is 1. The summed E-state index contributed by atoms with van der Waals surface area (Å²) in [5, 5.41) is 26.7. The highest BCUT2D eigenvalue weighted by molar-refractivity contribution is 5.72. The van der Waals surface area contributed by atoms with Gasteiger partial charge in [0.05, 0.1) is 0 Å². The van der Waals surface area contributed by atoms with Gasteiger partial charge in [-0.2, -0.15) is 18.3 Å². The number of aromatic nitrogens is 2. The Balaban J connectivity index is 2.96. The van der Waals surface area contributed by atoms with E-state index in [0.717, 1.165) is 0 Å². The Hall–Kier alpha value is -1.61. The number of hydrogen-bond acceptors (Lipinski definition) is 4. The number of carbonyl (C=O) groups is 1. The third kappa shape index (κ3) is 3.67. The highest BCUT2D eigenvalue weighted by Gasteiger charge is 2.40. The maximum atomic E-state index is 12.7. The van der Waals surface area contributed by atoms with Crippen LogP contribution in [0.15, 0.2) is 0 Å². The predicted molar refractivity (Wildman–Crippen MR) is 58.0 cm³/mol. The van der Waals surface area contributed by atoms with Crippen molar-refractivity contribution in [2.24, 2.45) is 0 Å². The van der Waals surface area contributed by atoms with E-state index in [1.54, 1.807) is 0 Å². The lowest BCUT2D eigenvalue weighted by molar-refractivity contribution is -0.143. The minimum absolute atomic E-state index is 0.00157. The molecule has 1 rings (SSSR count). The van der Waals surface area contributed by atoms with Gasteiger partial charge in [-0.25, -0.2) is 0 Å². The van der Waals surface area contributed by atoms with Gasteiger partial charge in [-0.3, -0.25) is 9.89 Å². The number of halogens is 3. The van der Waals surface area contributed by atoms with Gasteiger partial charge in [-0.1, -0.05) is 0 Å². The van der Waals surface area contributed by atoms with Crippen molar-refractivity contribution >= 4 is 5.91 Å². The van der Waals surface area contributed by atoms with E-state index in [0.29, 0.717) is 0 Å². The van der Waals surface area contributed by atoms with Crippen molar-refractivity contribution in [3.63, 3.8) is 0 Å². The summed E-state index contributed by atoms with van der Waals surface area (Å²) in [5.74, 6) is -0.466. The smallest absolute Gasteiger partial charge is 0.388 e. The van der Waals surface area contributed by atoms with Crippen LogP contribution in [0.25, 0.3) is 0 Å². The van der Waals surface area contributed by atoms with Crippen LogP contribution in [0.3, 0.4) is 0 Å². The Labute approximate surface area is 106 Å². The Morgan fingerprint density at radius 1 is 1.47 bits per heavy atom. The molecule has 4 N–H and O–H groups in total. The van der Waals surface area contributed by atoms with Gasteiger partial charge in [0.25, 0.3) is 0 Å². The Kier molecular flexibility index (Phi) is 4.53. The van der Waals surface area contributed by atoms with Crippen molar-refractivity contribution in [1.29, 1.82) is 0 Å². The van der Waals surface area contributed by atoms with Crippen molar-refractivity contribution in [3.05, 3.63) is 17.0 Å². The number of aliphatic hydroxyl groups excluding tert-OH is 2. The van der Waals surface area contributed by atoms with E-state index in [1.165, 1.54) is 13.8 Å². The molecule has 1 aromatic rings. The number of hydrogen-bond donors (Lipinski definition) is 4. The zero-order valence-corrected chi connectivity index (χ0v) is 10.2. The van der Waals surface area contributed by atoms with Gasteiger partial charge >= 0.3 is 6.18 Å². The normalized spacial score (nSPS) is 15.1. The Morgan fingerprint density at radius 3 is 2.53 bits per heavy atom. The molecule has 2 unspecified atom stereocenters. The van der Waals surface area contributed by atoms with Gasteiger partial charge in [0.2, 0.25) is 5.91 Å². The summed E-state index contributed by atoms with van der Waals surface area (Å²) in [4.78, 5) is 10.6. The lowest BCUT2D eigenvalue weighted by Crippen LogP contribution is -2.35. The van der Waals surface area contributed by atoms with Gasteiger partial charge in [-0.15, -0.1) is 0 Å². The Bertz CT molecular complexity index is 459. The largest absolute Gasteiger partial charge is 0.435 e. The third-order valence-electron chi connectivity index (χ3n) is 2.48. The van der Waals surface area contributed by atoms with Crippen molar-refractivity contribution in [3.8, 4) is 0 Å². The summed E-state index contributed by atoms with van der Waals surface area (Å²) in [6.45, 7) is 2.12. The van der Waals surface area contributed by atoms with Gasteiger partial charge in [0.15, 0.2) is 5.69 Å². The number of nitrogens with one attached hydrogen (secondary N) is 2. The maximum Gasteiger partial charge on any atom is 0.435 e. The first-order chi connectivity index (χ1) is 8.64. The minimum Gasteiger partial charge on any atom is -0.388 e. The highest BCUT2D eigenvalue weighted by atomic mass is 19.4. The quantitative estimate of drug-likeness (QED) is 0.636. The number of aromatic amines is 1. The van der Waals surface area contributed by atoms with Gasteiger partial charge in [0, 0.05) is 24.7 Å². The molecule has 108 valence electrons. The Morgan fingerprint density at radius 2 is 2.05 bits per heavy atom. The summed E-state index contributed by atoms with van der Waals surface area (Å²) >= 11 is 0. The monoisotopic (exact) mass is 281 g/mol. The molecule has 0 bridgehead atoms. The van der Waals surface area contributed by atoms with Crippen LogP contribution in [0.2, 0.25) is 0 Å². The van der Waals surface area contributed by atoms with Crippen LogP contribution in [-0.2, 0) is 11.0 Å². The summed E-state index contributed by atoms with van der Waals surface area (Å²) in [7, 11) is 0. The molecular weight excluding hydrogens is 267 g/mol. The van der Waals surface area contributed by atoms with Gasteiger partial charge < -0.3 is 15.5 Å². The van der Waals surface area contributed by atoms with Crippen LogP contribution in [0.1, 0.15) is 30.0 Å². The summed E-state index contributed by atoms with van der Waals surface area (Å²) < 4.78 is 38.0. The zero-order chi connectivity index (χ0) is 14.8. The second-order valence-electron chi connectivity index (χ2n) is 4.06. The van der Waals surface area contributed by atoms with E-state index in [2.05, 4.69) is 15.5 Å². The van der Waals surface area contributed by atoms with Crippen molar-refractivity contribution < 1.29 is 28.2 Å². The number of nitrogens with zero attached hydrogens (tertiary/aromatic N) is 1. The fourth-order valence-electron chi connectivity index (χ4n) is 1.57. The lowest BCUT2D eigenvalue weighted by Gasteiger charge is -2.19. The van der Waals surface area contributed by atoms with E-state index in [4.69, 9.17) is 0 Å². The molecule has 19 heavy (non-hydrogen) atoms. The first kappa shape index (κ1) is 15.4. The first-order valence-corrected chi connectivity index (χ1v) is 5.37. The van der Waals surface area contributed by atoms with E-state index < -0.39 is 35.5 Å². The average Bonchev–Trinajstić information content (AvgIpc) is 2.66. The van der Waals surface area contributed by atoms with E-state index >= 15 is 0 Å². The molecule has 0 saturated heterocycles. The highest BCUT2D eigenvalue weighted by Crippen LogP contribution is 2.35. The molecule has 0 radical (unpaired) electrons. The fraction of sp³-hybridized carbons (Fsp3) is 0.600. The first-order valence-electron chi connectivity index (χ1n) is 5.37. The molecule has 0 saturated carbocycles. The molecular formula is C10H14F3N3O3. The molecule has 0 aromatic carbocycles. The van der Waals surface area contributed by atoms with E-state index in [1.807, 2.05) is 0 Å². The van der Waals surface area contributed by atoms with Crippen molar-refractivity contribution in [2.45, 2.75) is 32.2 Å². The minimum atomic E-state index is -4.74. The second kappa shape index (κ2) is 5.57. The van der Waals surface area contributed by atoms with Gasteiger partial charge in [0.1, 0.15) is 12.2 Å². The SMILES string of the molecule is CC(=O)NCC(O)C(O)c1c(C(F)(F)F)n[nH]c1C. The topological polar surface area (TPSA) is 98.2 Å². The molecule has 0 aliphatic heterocycles. The molecule has 1 aromatic heterocycles. The lowest BCUT2D eigenvalue weighted by atomic mass is 10.0. The molecule has 0 aliphatic rings. The third-order valence-corrected chi connectivity index (χ3v) is 2.48. The maximum absolute atomic E-state index is 12.7. The predicted octanol–water partition coefficient (Wildman–Crippen LogP) is 0.267. The number of aryl methyl sites for hydroxylation is 1. The van der Waals surface area contributed by atoms with Crippen LogP contribution in [-0.4, -0.2) is 39.0 Å². The van der Waals surface area contributed by atoms with E-state index in [9.17, 15) is 28.2 Å². The van der Waals surface area contributed by atoms with Crippen LogP contribution in [0, 0.1) is 6.92 Å². The molecule has 0 aliphatic carbocycles. The van der Waals surface area contributed by atoms with Crippen LogP contribution >= 0.6 is 0 Å². The molecule has 0 fully saturated rings. The molecule has 1 amide bonds. The molecule has 6 nitrogen and oxygen atoms in total.